The Kier molecular flexibility index (Phi) is 3.81. The van der Waals surface area contributed by atoms with Crippen LogP contribution in [0, 0.1) is 0 Å². The summed E-state index contributed by atoms with van der Waals surface area (Å²) in [4.78, 5) is 3.92. The highest BCUT2D eigenvalue weighted by molar-refractivity contribution is 6.42. The van der Waals surface area contributed by atoms with E-state index >= 15 is 0 Å². The normalized spacial score (nSPS) is 13.5. The van der Waals surface area contributed by atoms with Gasteiger partial charge in [0, 0.05) is 11.9 Å². The average Bonchev–Trinajstić information content (AvgIpc) is 1.82. The zero-order valence-electron chi connectivity index (χ0n) is 6.19. The van der Waals surface area contributed by atoms with Crippen LogP contribution in [0.25, 0.3) is 0 Å². The molecule has 2 N–H and O–H groups in total. The van der Waals surface area contributed by atoms with Crippen LogP contribution < -0.4 is 5.73 Å². The third-order valence-corrected chi connectivity index (χ3v) is 1.13. The molecule has 0 saturated heterocycles. The Balaban J connectivity index is 4.19. The van der Waals surface area contributed by atoms with E-state index in [0.29, 0.717) is 16.4 Å². The highest BCUT2D eigenvalue weighted by Gasteiger charge is 1.89. The van der Waals surface area contributed by atoms with Crippen molar-refractivity contribution in [3.05, 3.63) is 23.5 Å². The molecule has 3 heteroatoms. The van der Waals surface area contributed by atoms with E-state index in [1.807, 2.05) is 0 Å². The molecular formula is C7H11ClN2. The smallest absolute Gasteiger partial charge is 0.0553 e. The molecule has 0 aliphatic heterocycles. The van der Waals surface area contributed by atoms with Crippen LogP contribution in [0.15, 0.2) is 28.5 Å². The number of nitrogens with two attached hydrogens (primary N) is 1. The predicted octanol–water partition coefficient (Wildman–Crippen LogP) is 2.02. The molecule has 0 fully saturated rings. The van der Waals surface area contributed by atoms with Crippen molar-refractivity contribution in [1.82, 2.24) is 0 Å². The molecule has 0 unspecified atom stereocenters. The Morgan fingerprint density at radius 2 is 2.10 bits per heavy atom. The molecule has 0 heterocycles. The lowest BCUT2D eigenvalue weighted by molar-refractivity contribution is 1.27. The number of halogens is 1. The van der Waals surface area contributed by atoms with Gasteiger partial charge in [0.15, 0.2) is 0 Å². The Bertz CT molecular complexity index is 188. The molecule has 10 heavy (non-hydrogen) atoms. The van der Waals surface area contributed by atoms with Crippen molar-refractivity contribution in [3.8, 4) is 0 Å². The fourth-order valence-electron chi connectivity index (χ4n) is 0.269. The van der Waals surface area contributed by atoms with Crippen LogP contribution in [-0.2, 0) is 0 Å². The van der Waals surface area contributed by atoms with Crippen molar-refractivity contribution in [1.29, 1.82) is 0 Å². The summed E-state index contributed by atoms with van der Waals surface area (Å²) in [6.07, 6.45) is 1.54. The van der Waals surface area contributed by atoms with Gasteiger partial charge in [-0.25, -0.2) is 0 Å². The largest absolute Gasteiger partial charge is 0.401 e. The topological polar surface area (TPSA) is 38.4 Å². The lowest BCUT2D eigenvalue weighted by Crippen LogP contribution is -1.91. The van der Waals surface area contributed by atoms with Gasteiger partial charge in [-0.2, -0.15) is 0 Å². The van der Waals surface area contributed by atoms with Gasteiger partial charge < -0.3 is 5.73 Å². The van der Waals surface area contributed by atoms with Gasteiger partial charge in [0.2, 0.25) is 0 Å². The van der Waals surface area contributed by atoms with Gasteiger partial charge in [-0.1, -0.05) is 18.2 Å². The molecular weight excluding hydrogens is 148 g/mol. The fourth-order valence-corrected chi connectivity index (χ4v) is 0.317. The Morgan fingerprint density at radius 1 is 1.60 bits per heavy atom. The van der Waals surface area contributed by atoms with E-state index < -0.39 is 0 Å². The van der Waals surface area contributed by atoms with Crippen molar-refractivity contribution in [2.45, 2.75) is 13.8 Å². The van der Waals surface area contributed by atoms with Crippen LogP contribution in [-0.4, -0.2) is 5.71 Å². The van der Waals surface area contributed by atoms with Gasteiger partial charge >= 0.3 is 0 Å². The highest BCUT2D eigenvalue weighted by Crippen LogP contribution is 2.00. The Hall–Kier alpha value is -0.760. The molecule has 0 aliphatic rings. The van der Waals surface area contributed by atoms with Crippen molar-refractivity contribution in [2.75, 3.05) is 0 Å². The molecule has 56 valence electrons. The molecule has 0 aromatic rings. The second kappa shape index (κ2) is 4.12. The number of rotatable bonds is 2. The summed E-state index contributed by atoms with van der Waals surface area (Å²) in [7, 11) is 0. The van der Waals surface area contributed by atoms with Crippen LogP contribution in [0.4, 0.5) is 0 Å². The zero-order chi connectivity index (χ0) is 8.15. The van der Waals surface area contributed by atoms with Crippen molar-refractivity contribution in [2.24, 2.45) is 10.7 Å². The van der Waals surface area contributed by atoms with E-state index in [4.69, 9.17) is 17.3 Å². The van der Waals surface area contributed by atoms with Crippen LogP contribution in [0.1, 0.15) is 13.8 Å². The average molecular weight is 159 g/mol. The van der Waals surface area contributed by atoms with Crippen LogP contribution >= 0.6 is 11.6 Å². The molecule has 0 bridgehead atoms. The minimum Gasteiger partial charge on any atom is -0.401 e. The number of nitrogens with zero attached hydrogens (tertiary/aromatic N) is 1. The summed E-state index contributed by atoms with van der Waals surface area (Å²) in [5.74, 6) is 0. The number of hydrogen-bond donors (Lipinski definition) is 1. The first-order chi connectivity index (χ1) is 4.54. The fraction of sp³-hybridized carbons (Fsp3) is 0.286. The van der Waals surface area contributed by atoms with Gasteiger partial charge in [-0.05, 0) is 13.8 Å². The maximum atomic E-state index is 5.52. The molecule has 0 spiro atoms. The van der Waals surface area contributed by atoms with E-state index in [2.05, 4.69) is 11.6 Å². The number of aliphatic imine (C=N–C) groups is 1. The van der Waals surface area contributed by atoms with Gasteiger partial charge in [0.1, 0.15) is 0 Å². The second-order valence-electron chi connectivity index (χ2n) is 1.99. The van der Waals surface area contributed by atoms with Crippen molar-refractivity contribution in [3.63, 3.8) is 0 Å². The molecule has 0 radical (unpaired) electrons. The maximum absolute atomic E-state index is 5.52. The molecule has 0 saturated carbocycles. The standard InChI is InChI=1S/C7H11ClN2/c1-5(9)4-10-7(3)6(2)8/h4H,2,9H2,1,3H3/b5-4-,10-7-. The lowest BCUT2D eigenvalue weighted by atomic mass is 10.4. The first-order valence-corrected chi connectivity index (χ1v) is 3.23. The SMILES string of the molecule is C=C(Cl)/C(C)=N\C=C(\C)N. The van der Waals surface area contributed by atoms with Gasteiger partial charge in [-0.3, -0.25) is 4.99 Å². The first-order valence-electron chi connectivity index (χ1n) is 2.85. The summed E-state index contributed by atoms with van der Waals surface area (Å²) < 4.78 is 0. The summed E-state index contributed by atoms with van der Waals surface area (Å²) in [5, 5.41) is 0.442. The van der Waals surface area contributed by atoms with E-state index in [0.717, 1.165) is 0 Å². The summed E-state index contributed by atoms with van der Waals surface area (Å²) in [6.45, 7) is 7.03. The van der Waals surface area contributed by atoms with Gasteiger partial charge in [0.05, 0.1) is 10.7 Å². The molecule has 0 atom stereocenters. The second-order valence-corrected chi connectivity index (χ2v) is 2.45. The van der Waals surface area contributed by atoms with E-state index in [-0.39, 0.29) is 0 Å². The molecule has 2 nitrogen and oxygen atoms in total. The summed E-state index contributed by atoms with van der Waals surface area (Å²) >= 11 is 5.52. The lowest BCUT2D eigenvalue weighted by Gasteiger charge is -1.91. The maximum Gasteiger partial charge on any atom is 0.0553 e. The Morgan fingerprint density at radius 3 is 2.40 bits per heavy atom. The molecule has 0 aromatic heterocycles. The van der Waals surface area contributed by atoms with E-state index in [1.54, 1.807) is 20.0 Å². The zero-order valence-corrected chi connectivity index (χ0v) is 6.94. The summed E-state index contributed by atoms with van der Waals surface area (Å²) in [6, 6.07) is 0. The van der Waals surface area contributed by atoms with Crippen LogP contribution in [0.5, 0.6) is 0 Å². The minimum absolute atomic E-state index is 0.442. The van der Waals surface area contributed by atoms with Crippen molar-refractivity contribution < 1.29 is 0 Å². The van der Waals surface area contributed by atoms with Crippen molar-refractivity contribution >= 4 is 17.3 Å². The molecule has 0 aliphatic carbocycles. The highest BCUT2D eigenvalue weighted by atomic mass is 35.5. The third kappa shape index (κ3) is 4.15. The third-order valence-electron chi connectivity index (χ3n) is 0.854. The number of allylic oxidation sites excluding steroid dienone is 2. The minimum atomic E-state index is 0.442. The van der Waals surface area contributed by atoms with E-state index in [9.17, 15) is 0 Å². The van der Waals surface area contributed by atoms with E-state index in [1.165, 1.54) is 0 Å². The van der Waals surface area contributed by atoms with Gasteiger partial charge in [0.25, 0.3) is 0 Å². The Labute approximate surface area is 66.1 Å². The number of hydrogen-bond acceptors (Lipinski definition) is 2. The molecule has 0 amide bonds. The quantitative estimate of drug-likeness (QED) is 0.614. The first kappa shape index (κ1) is 9.24. The van der Waals surface area contributed by atoms with Crippen LogP contribution in [0.3, 0.4) is 0 Å². The predicted molar refractivity (Wildman–Crippen MR) is 46.0 cm³/mol. The monoisotopic (exact) mass is 158 g/mol. The summed E-state index contributed by atoms with van der Waals surface area (Å²) in [5.41, 5.74) is 6.66. The molecule has 0 rings (SSSR count). The molecule has 0 aromatic carbocycles. The van der Waals surface area contributed by atoms with Gasteiger partial charge in [-0.15, -0.1) is 0 Å². The van der Waals surface area contributed by atoms with Crippen LogP contribution in [0.2, 0.25) is 0 Å².